The molecule has 6 unspecified atom stereocenters. The van der Waals surface area contributed by atoms with Gasteiger partial charge in [0.1, 0.15) is 17.3 Å². The van der Waals surface area contributed by atoms with Gasteiger partial charge in [0.15, 0.2) is 0 Å². The Balaban J connectivity index is 1.37. The van der Waals surface area contributed by atoms with Gasteiger partial charge < -0.3 is 9.84 Å². The Kier molecular flexibility index (Phi) is 6.22. The van der Waals surface area contributed by atoms with Crippen molar-refractivity contribution in [3.63, 3.8) is 0 Å². The monoisotopic (exact) mass is 618 g/mol. The number of allylic oxidation sites excluding steroid dienone is 3. The van der Waals surface area contributed by atoms with Gasteiger partial charge in [-0.2, -0.15) is 0 Å². The Morgan fingerprint density at radius 3 is 2.48 bits per heavy atom. The Morgan fingerprint density at radius 2 is 1.77 bits per heavy atom. The maximum Gasteiger partial charge on any atom is 0.241 e. The summed E-state index contributed by atoms with van der Waals surface area (Å²) in [7, 11) is 0. The zero-order valence-electron chi connectivity index (χ0n) is 24.8. The van der Waals surface area contributed by atoms with Gasteiger partial charge in [-0.1, -0.05) is 23.3 Å². The molecule has 0 aromatic heterocycles. The van der Waals surface area contributed by atoms with E-state index in [0.717, 1.165) is 27.7 Å². The van der Waals surface area contributed by atoms with Crippen LogP contribution in [-0.4, -0.2) is 39.2 Å². The number of likely N-dealkylation sites (tertiary alicyclic amines) is 1. The van der Waals surface area contributed by atoms with Gasteiger partial charge in [0.2, 0.25) is 23.6 Å². The highest BCUT2D eigenvalue weighted by atomic mass is 35.5. The average molecular weight is 619 g/mol. The quantitative estimate of drug-likeness (QED) is 0.349. The summed E-state index contributed by atoms with van der Waals surface area (Å²) in [5.41, 5.74) is 0.494. The lowest BCUT2D eigenvalue weighted by atomic mass is 9.51. The van der Waals surface area contributed by atoms with Crippen LogP contribution in [0.15, 0.2) is 59.9 Å². The number of aromatic hydroxyl groups is 1. The third kappa shape index (κ3) is 3.87. The van der Waals surface area contributed by atoms with Gasteiger partial charge in [0, 0.05) is 23.4 Å². The molecule has 8 nitrogen and oxygen atoms in total. The second kappa shape index (κ2) is 9.51. The molecule has 3 aliphatic heterocycles. The molecule has 2 aromatic carbocycles. The molecule has 2 aromatic rings. The Labute approximate surface area is 259 Å². The van der Waals surface area contributed by atoms with E-state index in [0.29, 0.717) is 18.6 Å². The summed E-state index contributed by atoms with van der Waals surface area (Å²) in [6, 6.07) is 8.57. The van der Waals surface area contributed by atoms with E-state index in [4.69, 9.17) is 16.3 Å². The number of phenols is 1. The number of hydrogen-bond acceptors (Lipinski definition) is 6. The molecular weight excluding hydrogens is 587 g/mol. The third-order valence-corrected chi connectivity index (χ3v) is 10.5. The molecule has 1 saturated carbocycles. The summed E-state index contributed by atoms with van der Waals surface area (Å²) in [5, 5.41) is 9.98. The Morgan fingerprint density at radius 1 is 1.02 bits per heavy atom. The highest BCUT2D eigenvalue weighted by Gasteiger charge is 2.68. The van der Waals surface area contributed by atoms with Crippen LogP contribution in [0.4, 0.5) is 10.1 Å². The molecule has 1 N–H and O–H groups in total. The zero-order valence-corrected chi connectivity index (χ0v) is 25.5. The van der Waals surface area contributed by atoms with Crippen LogP contribution in [0, 0.1) is 40.8 Å². The highest BCUT2D eigenvalue weighted by Crippen LogP contribution is 2.63. The van der Waals surface area contributed by atoms with Crippen LogP contribution < -0.4 is 9.64 Å². The first-order valence-corrected chi connectivity index (χ1v) is 15.2. The number of rotatable bonds is 2. The molecule has 4 amide bonds. The number of phenolic OH excluding ortho intramolecular Hbond substituents is 1. The number of ether oxygens (including phenoxy) is 1. The number of nitrogens with zero attached hydrogens (tertiary/aromatic N) is 2. The molecule has 3 fully saturated rings. The minimum atomic E-state index is -1.27. The van der Waals surface area contributed by atoms with E-state index in [1.54, 1.807) is 25.3 Å². The minimum Gasteiger partial charge on any atom is -0.508 e. The van der Waals surface area contributed by atoms with E-state index in [9.17, 15) is 28.7 Å². The lowest BCUT2D eigenvalue weighted by Crippen LogP contribution is -2.51. The van der Waals surface area contributed by atoms with Crippen LogP contribution in [-0.2, 0) is 25.6 Å². The summed E-state index contributed by atoms with van der Waals surface area (Å²) < 4.78 is 20.1. The second-order valence-corrected chi connectivity index (χ2v) is 14.1. The number of carbonyl (C=O) groups is 4. The maximum absolute atomic E-state index is 14.5. The largest absolute Gasteiger partial charge is 0.508 e. The fraction of sp³-hybridized carbons (Fsp3) is 0.412. The average Bonchev–Trinajstić information content (AvgIpc) is 3.34. The fourth-order valence-corrected chi connectivity index (χ4v) is 8.55. The smallest absolute Gasteiger partial charge is 0.241 e. The summed E-state index contributed by atoms with van der Waals surface area (Å²) >= 11 is 6.07. The number of fused-ring (bicyclic) bond motifs is 5. The number of amides is 4. The number of benzene rings is 2. The van der Waals surface area contributed by atoms with Crippen LogP contribution in [0.25, 0.3) is 0 Å². The van der Waals surface area contributed by atoms with Crippen molar-refractivity contribution in [2.75, 3.05) is 4.90 Å². The minimum absolute atomic E-state index is 0.0720. The molecular formula is C34H32ClFN2O6. The molecule has 2 aliphatic carbocycles. The van der Waals surface area contributed by atoms with Gasteiger partial charge >= 0.3 is 0 Å². The van der Waals surface area contributed by atoms with Gasteiger partial charge in [0.05, 0.1) is 40.1 Å². The first-order valence-electron chi connectivity index (χ1n) is 14.8. The van der Waals surface area contributed by atoms with Crippen molar-refractivity contribution in [1.29, 1.82) is 0 Å². The van der Waals surface area contributed by atoms with Crippen molar-refractivity contribution in [3.05, 3.63) is 76.3 Å². The van der Waals surface area contributed by atoms with Gasteiger partial charge in [-0.15, -0.1) is 0 Å². The number of hydrogen-bond donors (Lipinski definition) is 1. The van der Waals surface area contributed by atoms with Gasteiger partial charge in [-0.05, 0) is 88.4 Å². The van der Waals surface area contributed by atoms with Crippen LogP contribution >= 0.6 is 11.6 Å². The molecule has 3 heterocycles. The second-order valence-electron chi connectivity index (χ2n) is 13.7. The number of imide groups is 2. The lowest BCUT2D eigenvalue weighted by Gasteiger charge is -2.50. The van der Waals surface area contributed by atoms with Crippen LogP contribution in [0.5, 0.6) is 11.5 Å². The highest BCUT2D eigenvalue weighted by molar-refractivity contribution is 6.31. The molecule has 44 heavy (non-hydrogen) atoms. The SMILES string of the molecule is CC12C(=O)N(c3ccc(F)c(Cl)c3)C(=O)C1CC1C(=CCC3C(=O)N(C(C)(C)C)C(=O)C31)C2C1=COc2ccc(O)cc2C1. The van der Waals surface area contributed by atoms with Crippen LogP contribution in [0.1, 0.15) is 46.1 Å². The van der Waals surface area contributed by atoms with Crippen molar-refractivity contribution in [3.8, 4) is 11.5 Å². The molecule has 5 aliphatic rings. The van der Waals surface area contributed by atoms with E-state index >= 15 is 0 Å². The van der Waals surface area contributed by atoms with E-state index in [1.807, 2.05) is 26.8 Å². The van der Waals surface area contributed by atoms with Crippen molar-refractivity contribution >= 4 is 40.9 Å². The van der Waals surface area contributed by atoms with Crippen molar-refractivity contribution in [1.82, 2.24) is 4.90 Å². The summed E-state index contributed by atoms with van der Waals surface area (Å²) in [6.07, 6.45) is 4.50. The van der Waals surface area contributed by atoms with E-state index in [-0.39, 0.29) is 34.7 Å². The maximum atomic E-state index is 14.5. The first kappa shape index (κ1) is 28.8. The normalized spacial score (nSPS) is 31.2. The molecule has 7 rings (SSSR count). The predicted octanol–water partition coefficient (Wildman–Crippen LogP) is 5.57. The molecule has 0 radical (unpaired) electrons. The fourth-order valence-electron chi connectivity index (χ4n) is 8.38. The molecule has 6 atom stereocenters. The van der Waals surface area contributed by atoms with Crippen molar-refractivity contribution in [2.24, 2.45) is 35.0 Å². The van der Waals surface area contributed by atoms with E-state index in [1.165, 1.54) is 23.1 Å². The summed E-state index contributed by atoms with van der Waals surface area (Å²) in [4.78, 5) is 58.8. The molecule has 10 heteroatoms. The van der Waals surface area contributed by atoms with Crippen molar-refractivity contribution < 1.29 is 33.4 Å². The zero-order chi connectivity index (χ0) is 31.5. The number of anilines is 1. The summed E-state index contributed by atoms with van der Waals surface area (Å²) in [5.74, 6) is -4.52. The topological polar surface area (TPSA) is 104 Å². The van der Waals surface area contributed by atoms with Gasteiger partial charge in [-0.25, -0.2) is 9.29 Å². The molecule has 2 saturated heterocycles. The summed E-state index contributed by atoms with van der Waals surface area (Å²) in [6.45, 7) is 7.27. The van der Waals surface area contributed by atoms with Gasteiger partial charge in [0.25, 0.3) is 0 Å². The number of halogens is 2. The molecule has 0 spiro atoms. The Bertz CT molecular complexity index is 1740. The van der Waals surface area contributed by atoms with Crippen LogP contribution in [0.2, 0.25) is 5.02 Å². The van der Waals surface area contributed by atoms with Crippen LogP contribution in [0.3, 0.4) is 0 Å². The third-order valence-electron chi connectivity index (χ3n) is 10.3. The first-order chi connectivity index (χ1) is 20.7. The molecule has 228 valence electrons. The standard InChI is InChI=1S/C34H32ClFN2O6/c1-33(2,3)38-29(40)21-8-7-20-22(27(21)31(38)42)14-23-30(41)37(18-5-9-25(36)24(35)13-18)32(43)34(23,4)28(20)17-11-16-12-19(39)6-10-26(16)44-15-17/h5-7,9-10,12-13,15,21-23,27-28,39H,8,11,14H2,1-4H3. The van der Waals surface area contributed by atoms with Crippen molar-refractivity contribution in [2.45, 2.75) is 52.5 Å². The predicted molar refractivity (Wildman–Crippen MR) is 159 cm³/mol. The number of carbonyl (C=O) groups excluding carboxylic acids is 4. The van der Waals surface area contributed by atoms with Gasteiger partial charge in [-0.3, -0.25) is 24.1 Å². The molecule has 0 bridgehead atoms. The van der Waals surface area contributed by atoms with E-state index < -0.39 is 58.2 Å². The Hall–Kier alpha value is -3.98. The lowest BCUT2D eigenvalue weighted by molar-refractivity contribution is -0.146. The van der Waals surface area contributed by atoms with E-state index in [2.05, 4.69) is 0 Å².